The number of rotatable bonds is 5. The molecule has 0 unspecified atom stereocenters. The minimum Gasteiger partial charge on any atom is -0.340 e. The molecule has 1 aromatic carbocycles. The maximum absolute atomic E-state index is 12.7. The van der Waals surface area contributed by atoms with Gasteiger partial charge in [-0.3, -0.25) is 9.59 Å². The first-order valence-electron chi connectivity index (χ1n) is 7.72. The zero-order valence-electron chi connectivity index (χ0n) is 13.1. The molecule has 21 heavy (non-hydrogen) atoms. The molecule has 0 bridgehead atoms. The molecule has 1 aromatic rings. The second-order valence-corrected chi connectivity index (χ2v) is 5.67. The van der Waals surface area contributed by atoms with Gasteiger partial charge in [0.25, 0.3) is 0 Å². The lowest BCUT2D eigenvalue weighted by Crippen LogP contribution is -2.65. The van der Waals surface area contributed by atoms with Crippen molar-refractivity contribution >= 4 is 11.8 Å². The second kappa shape index (κ2) is 6.29. The van der Waals surface area contributed by atoms with Crippen LogP contribution in [0.15, 0.2) is 24.3 Å². The average molecular weight is 288 g/mol. The first-order valence-corrected chi connectivity index (χ1v) is 7.72. The van der Waals surface area contributed by atoms with Crippen LogP contribution in [-0.2, 0) is 22.6 Å². The van der Waals surface area contributed by atoms with Crippen molar-refractivity contribution in [2.75, 3.05) is 6.54 Å². The fraction of sp³-hybridized carbons (Fsp3) is 0.529. The van der Waals surface area contributed by atoms with E-state index >= 15 is 0 Å². The van der Waals surface area contributed by atoms with Gasteiger partial charge in [-0.2, -0.15) is 0 Å². The summed E-state index contributed by atoms with van der Waals surface area (Å²) in [6.45, 7) is 6.65. The van der Waals surface area contributed by atoms with E-state index in [1.165, 1.54) is 5.56 Å². The Morgan fingerprint density at radius 1 is 1.05 bits per heavy atom. The van der Waals surface area contributed by atoms with Crippen LogP contribution in [-0.4, -0.2) is 28.8 Å². The molecule has 4 heteroatoms. The van der Waals surface area contributed by atoms with E-state index in [9.17, 15) is 9.59 Å². The molecule has 1 aliphatic rings. The molecule has 2 amide bonds. The Kier molecular flexibility index (Phi) is 4.66. The summed E-state index contributed by atoms with van der Waals surface area (Å²) in [6, 6.07) is 8.24. The zero-order valence-corrected chi connectivity index (χ0v) is 13.1. The normalized spacial score (nSPS) is 17.8. The highest BCUT2D eigenvalue weighted by atomic mass is 16.2. The van der Waals surface area contributed by atoms with Gasteiger partial charge < -0.3 is 10.2 Å². The highest BCUT2D eigenvalue weighted by Gasteiger charge is 2.43. The molecule has 1 N–H and O–H groups in total. The molecule has 1 heterocycles. The van der Waals surface area contributed by atoms with Crippen molar-refractivity contribution in [3.05, 3.63) is 35.4 Å². The Labute approximate surface area is 126 Å². The van der Waals surface area contributed by atoms with Gasteiger partial charge in [0.15, 0.2) is 0 Å². The van der Waals surface area contributed by atoms with Crippen LogP contribution in [0.25, 0.3) is 0 Å². The molecule has 114 valence electrons. The number of piperazine rings is 1. The van der Waals surface area contributed by atoms with Crippen molar-refractivity contribution in [2.45, 2.75) is 52.1 Å². The standard InChI is InChI=1S/C17H24N2O2/c1-4-13-7-9-14(10-8-13)11-19-12-15(20)18-17(5-2,6-3)16(19)21/h7-10H,4-6,11-12H2,1-3H3,(H,18,20). The van der Waals surface area contributed by atoms with Crippen molar-refractivity contribution in [3.8, 4) is 0 Å². The fourth-order valence-electron chi connectivity index (χ4n) is 2.87. The predicted molar refractivity (Wildman–Crippen MR) is 82.7 cm³/mol. The van der Waals surface area contributed by atoms with Gasteiger partial charge in [-0.15, -0.1) is 0 Å². The van der Waals surface area contributed by atoms with E-state index in [1.807, 2.05) is 26.0 Å². The number of benzene rings is 1. The first kappa shape index (κ1) is 15.5. The Bertz CT molecular complexity index is 518. The second-order valence-electron chi connectivity index (χ2n) is 5.67. The van der Waals surface area contributed by atoms with Crippen LogP contribution in [0.4, 0.5) is 0 Å². The van der Waals surface area contributed by atoms with Gasteiger partial charge in [-0.1, -0.05) is 45.0 Å². The number of hydrogen-bond donors (Lipinski definition) is 1. The highest BCUT2D eigenvalue weighted by Crippen LogP contribution is 2.23. The fourth-order valence-corrected chi connectivity index (χ4v) is 2.87. The van der Waals surface area contributed by atoms with E-state index in [0.717, 1.165) is 12.0 Å². The molecule has 0 atom stereocenters. The third kappa shape index (κ3) is 3.09. The predicted octanol–water partition coefficient (Wildman–Crippen LogP) is 2.27. The maximum Gasteiger partial charge on any atom is 0.249 e. The lowest BCUT2D eigenvalue weighted by molar-refractivity contribution is -0.151. The number of nitrogens with zero attached hydrogens (tertiary/aromatic N) is 1. The third-order valence-electron chi connectivity index (χ3n) is 4.42. The number of nitrogens with one attached hydrogen (secondary N) is 1. The minimum absolute atomic E-state index is 0.0340. The summed E-state index contributed by atoms with van der Waals surface area (Å²) in [4.78, 5) is 26.3. The number of hydrogen-bond acceptors (Lipinski definition) is 2. The maximum atomic E-state index is 12.7. The van der Waals surface area contributed by atoms with Crippen LogP contribution < -0.4 is 5.32 Å². The Hall–Kier alpha value is -1.84. The zero-order chi connectivity index (χ0) is 15.5. The minimum atomic E-state index is -0.724. The van der Waals surface area contributed by atoms with Crippen LogP contribution in [0.1, 0.15) is 44.7 Å². The molecule has 1 aliphatic heterocycles. The summed E-state index contributed by atoms with van der Waals surface area (Å²) in [5, 5.41) is 2.88. The molecule has 1 saturated heterocycles. The smallest absolute Gasteiger partial charge is 0.249 e. The van der Waals surface area contributed by atoms with Gasteiger partial charge in [0.1, 0.15) is 5.54 Å². The van der Waals surface area contributed by atoms with E-state index in [1.54, 1.807) is 4.90 Å². The number of aryl methyl sites for hydroxylation is 1. The van der Waals surface area contributed by atoms with E-state index in [4.69, 9.17) is 0 Å². The molecule has 2 rings (SSSR count). The first-order chi connectivity index (χ1) is 10.0. The largest absolute Gasteiger partial charge is 0.340 e. The van der Waals surface area contributed by atoms with Gasteiger partial charge in [0.05, 0.1) is 6.54 Å². The Morgan fingerprint density at radius 2 is 1.62 bits per heavy atom. The molecular weight excluding hydrogens is 264 g/mol. The van der Waals surface area contributed by atoms with Crippen molar-refractivity contribution in [1.82, 2.24) is 10.2 Å². The molecule has 0 aliphatic carbocycles. The average Bonchev–Trinajstić information content (AvgIpc) is 2.51. The lowest BCUT2D eigenvalue weighted by Gasteiger charge is -2.41. The van der Waals surface area contributed by atoms with Crippen LogP contribution in [0.5, 0.6) is 0 Å². The molecule has 0 spiro atoms. The lowest BCUT2D eigenvalue weighted by atomic mass is 9.88. The van der Waals surface area contributed by atoms with Gasteiger partial charge in [0.2, 0.25) is 11.8 Å². The van der Waals surface area contributed by atoms with Gasteiger partial charge in [0, 0.05) is 6.54 Å². The third-order valence-corrected chi connectivity index (χ3v) is 4.42. The summed E-state index contributed by atoms with van der Waals surface area (Å²) in [5.74, 6) is -0.0323. The van der Waals surface area contributed by atoms with E-state index < -0.39 is 5.54 Å². The number of amides is 2. The summed E-state index contributed by atoms with van der Waals surface area (Å²) in [6.07, 6.45) is 2.25. The summed E-state index contributed by atoms with van der Waals surface area (Å²) in [5.41, 5.74) is 1.62. The van der Waals surface area contributed by atoms with E-state index in [2.05, 4.69) is 24.4 Å². The SMILES string of the molecule is CCc1ccc(CN2CC(=O)NC(CC)(CC)C2=O)cc1. The molecule has 0 radical (unpaired) electrons. The topological polar surface area (TPSA) is 49.4 Å². The highest BCUT2D eigenvalue weighted by molar-refractivity contribution is 5.97. The quantitative estimate of drug-likeness (QED) is 0.903. The van der Waals surface area contributed by atoms with Gasteiger partial charge >= 0.3 is 0 Å². The molecule has 1 fully saturated rings. The van der Waals surface area contributed by atoms with Crippen molar-refractivity contribution < 1.29 is 9.59 Å². The Balaban J connectivity index is 2.17. The summed E-state index contributed by atoms with van der Waals surface area (Å²) >= 11 is 0. The van der Waals surface area contributed by atoms with Crippen molar-refractivity contribution in [1.29, 1.82) is 0 Å². The van der Waals surface area contributed by atoms with E-state index in [0.29, 0.717) is 19.4 Å². The molecule has 4 nitrogen and oxygen atoms in total. The van der Waals surface area contributed by atoms with Crippen LogP contribution in [0.3, 0.4) is 0 Å². The molecule has 0 aromatic heterocycles. The van der Waals surface area contributed by atoms with Crippen LogP contribution in [0.2, 0.25) is 0 Å². The Morgan fingerprint density at radius 3 is 2.14 bits per heavy atom. The van der Waals surface area contributed by atoms with Crippen molar-refractivity contribution in [3.63, 3.8) is 0 Å². The number of carbonyl (C=O) groups is 2. The monoisotopic (exact) mass is 288 g/mol. The van der Waals surface area contributed by atoms with E-state index in [-0.39, 0.29) is 18.4 Å². The molecular formula is C17H24N2O2. The number of carbonyl (C=O) groups excluding carboxylic acids is 2. The van der Waals surface area contributed by atoms with Crippen LogP contribution >= 0.6 is 0 Å². The van der Waals surface area contributed by atoms with Crippen molar-refractivity contribution in [2.24, 2.45) is 0 Å². The van der Waals surface area contributed by atoms with Gasteiger partial charge in [-0.25, -0.2) is 0 Å². The summed E-state index contributed by atoms with van der Waals surface area (Å²) in [7, 11) is 0. The van der Waals surface area contributed by atoms with Crippen LogP contribution in [0, 0.1) is 0 Å². The van der Waals surface area contributed by atoms with Gasteiger partial charge in [-0.05, 0) is 30.4 Å². The molecule has 0 saturated carbocycles. The summed E-state index contributed by atoms with van der Waals surface area (Å²) < 4.78 is 0.